The normalized spacial score (nSPS) is 13.2. The lowest BCUT2D eigenvalue weighted by Gasteiger charge is -2.21. The first-order valence-corrected chi connectivity index (χ1v) is 9.92. The molecule has 1 unspecified atom stereocenters. The molecule has 0 aliphatic carbocycles. The molecule has 1 atom stereocenters. The SMILES string of the molecule is CCNC(=NCC(C)(O)c1ccsc1)NCCc1cc(OC)ccc1OC.I. The van der Waals surface area contributed by atoms with Gasteiger partial charge in [-0.1, -0.05) is 0 Å². The average Bonchev–Trinajstić information content (AvgIpc) is 3.22. The summed E-state index contributed by atoms with van der Waals surface area (Å²) in [6.45, 7) is 5.49. The van der Waals surface area contributed by atoms with Gasteiger partial charge in [-0.15, -0.1) is 24.0 Å². The summed E-state index contributed by atoms with van der Waals surface area (Å²) in [5.41, 5.74) is 0.955. The van der Waals surface area contributed by atoms with Crippen LogP contribution in [0.25, 0.3) is 0 Å². The van der Waals surface area contributed by atoms with Gasteiger partial charge in [-0.25, -0.2) is 4.99 Å². The van der Waals surface area contributed by atoms with E-state index in [2.05, 4.69) is 15.6 Å². The number of guanidine groups is 1. The first-order valence-electron chi connectivity index (χ1n) is 8.98. The van der Waals surface area contributed by atoms with Gasteiger partial charge in [0.1, 0.15) is 17.1 Å². The smallest absolute Gasteiger partial charge is 0.191 e. The highest BCUT2D eigenvalue weighted by atomic mass is 127. The third kappa shape index (κ3) is 7.14. The molecule has 8 heteroatoms. The van der Waals surface area contributed by atoms with Gasteiger partial charge in [0.15, 0.2) is 5.96 Å². The molecule has 156 valence electrons. The summed E-state index contributed by atoms with van der Waals surface area (Å²) in [5.74, 6) is 2.31. The Kier molecular flexibility index (Phi) is 10.6. The molecule has 0 fully saturated rings. The second-order valence-corrected chi connectivity index (χ2v) is 7.12. The van der Waals surface area contributed by atoms with E-state index in [1.54, 1.807) is 32.5 Å². The second-order valence-electron chi connectivity index (χ2n) is 6.34. The summed E-state index contributed by atoms with van der Waals surface area (Å²) < 4.78 is 10.7. The van der Waals surface area contributed by atoms with Gasteiger partial charge in [0.2, 0.25) is 0 Å². The highest BCUT2D eigenvalue weighted by Crippen LogP contribution is 2.24. The molecule has 28 heavy (non-hydrogen) atoms. The van der Waals surface area contributed by atoms with Crippen molar-refractivity contribution in [3.63, 3.8) is 0 Å². The number of aliphatic hydroxyl groups is 1. The van der Waals surface area contributed by atoms with Crippen molar-refractivity contribution in [2.75, 3.05) is 33.9 Å². The molecule has 3 N–H and O–H groups in total. The Morgan fingerprint density at radius 1 is 1.21 bits per heavy atom. The summed E-state index contributed by atoms with van der Waals surface area (Å²) in [4.78, 5) is 4.54. The van der Waals surface area contributed by atoms with Crippen LogP contribution in [0.15, 0.2) is 40.0 Å². The highest BCUT2D eigenvalue weighted by Gasteiger charge is 2.23. The van der Waals surface area contributed by atoms with Crippen LogP contribution in [0, 0.1) is 0 Å². The minimum Gasteiger partial charge on any atom is -0.497 e. The lowest BCUT2D eigenvalue weighted by Crippen LogP contribution is -2.39. The van der Waals surface area contributed by atoms with Gasteiger partial charge in [-0.3, -0.25) is 0 Å². The summed E-state index contributed by atoms with van der Waals surface area (Å²) in [7, 11) is 3.32. The van der Waals surface area contributed by atoms with Crippen LogP contribution in [0.2, 0.25) is 0 Å². The van der Waals surface area contributed by atoms with Gasteiger partial charge in [-0.05, 0) is 66.4 Å². The Labute approximate surface area is 188 Å². The number of benzene rings is 1. The van der Waals surface area contributed by atoms with E-state index in [9.17, 15) is 5.11 Å². The molecule has 0 spiro atoms. The zero-order valence-corrected chi connectivity index (χ0v) is 20.0. The molecule has 1 heterocycles. The molecule has 2 aromatic rings. The van der Waals surface area contributed by atoms with Crippen molar-refractivity contribution in [2.45, 2.75) is 25.9 Å². The number of halogens is 1. The summed E-state index contributed by atoms with van der Waals surface area (Å²) in [5, 5.41) is 21.1. The maximum Gasteiger partial charge on any atom is 0.191 e. The molecule has 0 saturated carbocycles. The Morgan fingerprint density at radius 2 is 2.00 bits per heavy atom. The fraction of sp³-hybridized carbons (Fsp3) is 0.450. The van der Waals surface area contributed by atoms with E-state index in [0.29, 0.717) is 12.5 Å². The standard InChI is InChI=1S/C20H29N3O3S.HI/c1-5-21-19(23-14-20(2,24)16-9-11-27-13-16)22-10-8-15-12-17(25-3)6-7-18(15)26-4;/h6-7,9,11-13,24H,5,8,10,14H2,1-4H3,(H2,21,22,23);1H. The Bertz CT molecular complexity index is 736. The number of ether oxygens (including phenoxy) is 2. The molecule has 0 amide bonds. The van der Waals surface area contributed by atoms with Crippen LogP contribution in [0.4, 0.5) is 0 Å². The van der Waals surface area contributed by atoms with Crippen LogP contribution < -0.4 is 20.1 Å². The topological polar surface area (TPSA) is 75.1 Å². The highest BCUT2D eigenvalue weighted by molar-refractivity contribution is 14.0. The second kappa shape index (κ2) is 12.1. The van der Waals surface area contributed by atoms with Crippen LogP contribution in [-0.4, -0.2) is 44.9 Å². The Morgan fingerprint density at radius 3 is 2.61 bits per heavy atom. The minimum absolute atomic E-state index is 0. The van der Waals surface area contributed by atoms with Crippen molar-refractivity contribution >= 4 is 41.3 Å². The summed E-state index contributed by atoms with van der Waals surface area (Å²) in [6.07, 6.45) is 0.756. The van der Waals surface area contributed by atoms with Crippen molar-refractivity contribution in [3.8, 4) is 11.5 Å². The number of hydrogen-bond acceptors (Lipinski definition) is 5. The van der Waals surface area contributed by atoms with Gasteiger partial charge in [0, 0.05) is 13.1 Å². The zero-order valence-electron chi connectivity index (χ0n) is 16.8. The molecule has 0 radical (unpaired) electrons. The predicted octanol–water partition coefficient (Wildman–Crippen LogP) is 3.39. The van der Waals surface area contributed by atoms with E-state index in [1.807, 2.05) is 41.9 Å². The fourth-order valence-electron chi connectivity index (χ4n) is 2.63. The molecular formula is C20H30IN3O3S. The molecule has 0 aliphatic heterocycles. The predicted molar refractivity (Wildman–Crippen MR) is 127 cm³/mol. The van der Waals surface area contributed by atoms with Crippen molar-refractivity contribution < 1.29 is 14.6 Å². The van der Waals surface area contributed by atoms with Crippen molar-refractivity contribution in [1.29, 1.82) is 0 Å². The number of nitrogens with zero attached hydrogens (tertiary/aromatic N) is 1. The Hall–Kier alpha value is -1.52. The largest absolute Gasteiger partial charge is 0.497 e. The number of aliphatic imine (C=N–C) groups is 1. The lowest BCUT2D eigenvalue weighted by atomic mass is 10.00. The average molecular weight is 519 g/mol. The molecule has 0 aliphatic rings. The summed E-state index contributed by atoms with van der Waals surface area (Å²) >= 11 is 1.57. The number of hydrogen-bond donors (Lipinski definition) is 3. The molecule has 1 aromatic heterocycles. The van der Waals surface area contributed by atoms with E-state index >= 15 is 0 Å². The maximum absolute atomic E-state index is 10.6. The van der Waals surface area contributed by atoms with Crippen LogP contribution in [-0.2, 0) is 12.0 Å². The summed E-state index contributed by atoms with van der Waals surface area (Å²) in [6, 6.07) is 7.70. The van der Waals surface area contributed by atoms with Gasteiger partial charge in [0.25, 0.3) is 0 Å². The van der Waals surface area contributed by atoms with Crippen LogP contribution >= 0.6 is 35.3 Å². The number of nitrogens with one attached hydrogen (secondary N) is 2. The van der Waals surface area contributed by atoms with Crippen LogP contribution in [0.5, 0.6) is 11.5 Å². The lowest BCUT2D eigenvalue weighted by molar-refractivity contribution is 0.0677. The molecule has 0 saturated heterocycles. The van der Waals surface area contributed by atoms with Crippen LogP contribution in [0.3, 0.4) is 0 Å². The molecular weight excluding hydrogens is 489 g/mol. The first-order chi connectivity index (χ1) is 13.0. The fourth-order valence-corrected chi connectivity index (χ4v) is 3.41. The van der Waals surface area contributed by atoms with Crippen LogP contribution in [0.1, 0.15) is 25.0 Å². The van der Waals surface area contributed by atoms with Gasteiger partial charge >= 0.3 is 0 Å². The van der Waals surface area contributed by atoms with E-state index in [1.165, 1.54) is 0 Å². The van der Waals surface area contributed by atoms with Gasteiger partial charge < -0.3 is 25.2 Å². The maximum atomic E-state index is 10.6. The van der Waals surface area contributed by atoms with E-state index < -0.39 is 5.60 Å². The van der Waals surface area contributed by atoms with Gasteiger partial charge in [0.05, 0.1) is 20.8 Å². The first kappa shape index (κ1) is 24.5. The Balaban J connectivity index is 0.00000392. The minimum atomic E-state index is -0.988. The number of methoxy groups -OCH3 is 2. The van der Waals surface area contributed by atoms with Gasteiger partial charge in [-0.2, -0.15) is 11.3 Å². The molecule has 0 bridgehead atoms. The third-order valence-electron chi connectivity index (χ3n) is 4.21. The number of rotatable bonds is 9. The molecule has 1 aromatic carbocycles. The third-order valence-corrected chi connectivity index (χ3v) is 4.89. The molecule has 6 nitrogen and oxygen atoms in total. The van der Waals surface area contributed by atoms with Crippen molar-refractivity contribution in [1.82, 2.24) is 10.6 Å². The zero-order chi connectivity index (χ0) is 19.7. The number of thiophene rings is 1. The quantitative estimate of drug-likeness (QED) is 0.269. The molecule has 2 rings (SSSR count). The van der Waals surface area contributed by atoms with Crippen molar-refractivity contribution in [3.05, 3.63) is 46.2 Å². The van der Waals surface area contributed by atoms with E-state index in [4.69, 9.17) is 9.47 Å². The monoisotopic (exact) mass is 519 g/mol. The van der Waals surface area contributed by atoms with E-state index in [-0.39, 0.29) is 30.5 Å². The van der Waals surface area contributed by atoms with E-state index in [0.717, 1.165) is 35.6 Å². The van der Waals surface area contributed by atoms with Crippen molar-refractivity contribution in [2.24, 2.45) is 4.99 Å².